The average molecular weight is 165 g/mol. The summed E-state index contributed by atoms with van der Waals surface area (Å²) >= 11 is 0. The Morgan fingerprint density at radius 1 is 1.42 bits per heavy atom. The fourth-order valence-corrected chi connectivity index (χ4v) is 0.884. The Morgan fingerprint density at radius 3 is 2.42 bits per heavy atom. The third-order valence-electron chi connectivity index (χ3n) is 1.31. The average Bonchev–Trinajstić information content (AvgIpc) is 1.84. The van der Waals surface area contributed by atoms with Crippen LogP contribution in [0, 0.1) is 5.92 Å². The molecule has 0 rings (SSSR count). The Balaban J connectivity index is 3.84. The van der Waals surface area contributed by atoms with Crippen LogP contribution in [0.1, 0.15) is 34.1 Å². The van der Waals surface area contributed by atoms with Gasteiger partial charge in [0, 0.05) is 11.9 Å². The zero-order chi connectivity index (χ0) is 9.56. The highest BCUT2D eigenvalue weighted by molar-refractivity contribution is 5.79. The summed E-state index contributed by atoms with van der Waals surface area (Å²) in [5.74, 6) is 0.675. The highest BCUT2D eigenvalue weighted by atomic mass is 14.7. The molecule has 0 bridgehead atoms. The second-order valence-corrected chi connectivity index (χ2v) is 3.65. The lowest BCUT2D eigenvalue weighted by Gasteiger charge is -2.01. The van der Waals surface area contributed by atoms with Gasteiger partial charge in [-0.15, -0.1) is 0 Å². The van der Waals surface area contributed by atoms with Crippen molar-refractivity contribution >= 4 is 5.71 Å². The van der Waals surface area contributed by atoms with Crippen LogP contribution in [0.25, 0.3) is 0 Å². The smallest absolute Gasteiger partial charge is 0.0269 e. The minimum atomic E-state index is 0.675. The van der Waals surface area contributed by atoms with E-state index >= 15 is 0 Å². The number of aliphatic imine (C=N–C) groups is 1. The first kappa shape index (κ1) is 11.2. The number of hydrogen-bond acceptors (Lipinski definition) is 1. The lowest BCUT2D eigenvalue weighted by molar-refractivity contribution is 0.651. The van der Waals surface area contributed by atoms with Crippen LogP contribution >= 0.6 is 0 Å². The van der Waals surface area contributed by atoms with Crippen LogP contribution in [-0.4, -0.2) is 5.71 Å². The largest absolute Gasteiger partial charge is 0.266 e. The maximum atomic E-state index is 4.15. The summed E-state index contributed by atoms with van der Waals surface area (Å²) in [4.78, 5) is 4.15. The highest BCUT2D eigenvalue weighted by Crippen LogP contribution is 2.09. The summed E-state index contributed by atoms with van der Waals surface area (Å²) in [5, 5.41) is 0. The summed E-state index contributed by atoms with van der Waals surface area (Å²) in [5.41, 5.74) is 2.22. The van der Waals surface area contributed by atoms with Crippen LogP contribution in [0.2, 0.25) is 0 Å². The molecule has 0 aliphatic heterocycles. The molecule has 68 valence electrons. The molecule has 0 heterocycles. The molecular weight excluding hydrogens is 146 g/mol. The number of hydrogen-bond donors (Lipinski definition) is 0. The summed E-state index contributed by atoms with van der Waals surface area (Å²) in [7, 11) is 0. The van der Waals surface area contributed by atoms with Crippen molar-refractivity contribution in [1.29, 1.82) is 0 Å². The van der Waals surface area contributed by atoms with Gasteiger partial charge < -0.3 is 0 Å². The van der Waals surface area contributed by atoms with Crippen LogP contribution < -0.4 is 0 Å². The molecule has 0 atom stereocenters. The lowest BCUT2D eigenvalue weighted by atomic mass is 10.0. The van der Waals surface area contributed by atoms with Gasteiger partial charge in [0.1, 0.15) is 0 Å². The quantitative estimate of drug-likeness (QED) is 0.446. The zero-order valence-electron chi connectivity index (χ0n) is 8.59. The van der Waals surface area contributed by atoms with E-state index in [0.29, 0.717) is 5.92 Å². The lowest BCUT2D eigenvalue weighted by Crippen LogP contribution is -1.87. The van der Waals surface area contributed by atoms with E-state index in [1.165, 1.54) is 0 Å². The molecule has 0 aromatic carbocycles. The number of allylic oxidation sites excluding steroid dienone is 2. The first-order valence-electron chi connectivity index (χ1n) is 4.37. The maximum Gasteiger partial charge on any atom is 0.0269 e. The van der Waals surface area contributed by atoms with Crippen LogP contribution in [0.3, 0.4) is 0 Å². The summed E-state index contributed by atoms with van der Waals surface area (Å²) in [6.07, 6.45) is 4.85. The van der Waals surface area contributed by atoms with Gasteiger partial charge in [-0.2, -0.15) is 0 Å². The number of rotatable bonds is 4. The number of nitrogens with zero attached hydrogens (tertiary/aromatic N) is 1. The summed E-state index contributed by atoms with van der Waals surface area (Å²) in [6, 6.07) is 0. The Kier molecular flexibility index (Phi) is 5.35. The normalized spacial score (nSPS) is 10.8. The van der Waals surface area contributed by atoms with E-state index in [9.17, 15) is 0 Å². The fraction of sp³-hybridized carbons (Fsp3) is 0.545. The fourth-order valence-electron chi connectivity index (χ4n) is 0.884. The molecule has 12 heavy (non-hydrogen) atoms. The van der Waals surface area contributed by atoms with Gasteiger partial charge in [-0.05, 0) is 32.3 Å². The van der Waals surface area contributed by atoms with Gasteiger partial charge >= 0.3 is 0 Å². The molecule has 0 radical (unpaired) electrons. The molecule has 0 aliphatic rings. The van der Waals surface area contributed by atoms with Crippen LogP contribution in [0.15, 0.2) is 29.4 Å². The van der Waals surface area contributed by atoms with Gasteiger partial charge in [-0.1, -0.05) is 26.0 Å². The van der Waals surface area contributed by atoms with Crippen molar-refractivity contribution in [2.45, 2.75) is 34.1 Å². The molecule has 0 aromatic rings. The highest BCUT2D eigenvalue weighted by Gasteiger charge is 1.93. The zero-order valence-corrected chi connectivity index (χ0v) is 8.59. The maximum absolute atomic E-state index is 4.15. The molecule has 0 aliphatic carbocycles. The van der Waals surface area contributed by atoms with E-state index in [1.807, 2.05) is 26.1 Å². The van der Waals surface area contributed by atoms with Gasteiger partial charge in [-0.3, -0.25) is 4.99 Å². The van der Waals surface area contributed by atoms with Crippen molar-refractivity contribution in [2.24, 2.45) is 10.9 Å². The molecule has 0 aromatic heterocycles. The third-order valence-corrected chi connectivity index (χ3v) is 1.31. The first-order chi connectivity index (χ1) is 5.52. The molecule has 0 unspecified atom stereocenters. The third kappa shape index (κ3) is 7.26. The Hall–Kier alpha value is -0.850. The predicted molar refractivity (Wildman–Crippen MR) is 56.5 cm³/mol. The second kappa shape index (κ2) is 5.76. The molecule has 0 amide bonds. The Labute approximate surface area is 75.9 Å². The minimum absolute atomic E-state index is 0.675. The van der Waals surface area contributed by atoms with Gasteiger partial charge in [0.15, 0.2) is 0 Å². The molecule has 0 saturated carbocycles. The molecular formula is C11H19N. The van der Waals surface area contributed by atoms with E-state index in [0.717, 1.165) is 17.7 Å². The van der Waals surface area contributed by atoms with Crippen LogP contribution in [0.5, 0.6) is 0 Å². The Morgan fingerprint density at radius 2 is 2.00 bits per heavy atom. The van der Waals surface area contributed by atoms with Crippen LogP contribution in [0.4, 0.5) is 0 Å². The topological polar surface area (TPSA) is 12.4 Å². The monoisotopic (exact) mass is 165 g/mol. The van der Waals surface area contributed by atoms with E-state index in [4.69, 9.17) is 0 Å². The van der Waals surface area contributed by atoms with Gasteiger partial charge in [0.25, 0.3) is 0 Å². The molecule has 1 heteroatoms. The van der Waals surface area contributed by atoms with Gasteiger partial charge in [0.2, 0.25) is 0 Å². The second-order valence-electron chi connectivity index (χ2n) is 3.65. The van der Waals surface area contributed by atoms with Gasteiger partial charge in [-0.25, -0.2) is 0 Å². The molecule has 0 saturated heterocycles. The van der Waals surface area contributed by atoms with Crippen molar-refractivity contribution < 1.29 is 0 Å². The SMILES string of the molecule is C=C(/C=C\N=C(C)C)CC(C)C. The van der Waals surface area contributed by atoms with E-state index < -0.39 is 0 Å². The van der Waals surface area contributed by atoms with Gasteiger partial charge in [0.05, 0.1) is 0 Å². The van der Waals surface area contributed by atoms with E-state index in [-0.39, 0.29) is 0 Å². The molecule has 0 fully saturated rings. The molecule has 1 nitrogen and oxygen atoms in total. The van der Waals surface area contributed by atoms with Crippen LogP contribution in [-0.2, 0) is 0 Å². The van der Waals surface area contributed by atoms with Crippen molar-refractivity contribution in [3.8, 4) is 0 Å². The van der Waals surface area contributed by atoms with E-state index in [1.54, 1.807) is 0 Å². The van der Waals surface area contributed by atoms with Crippen molar-refractivity contribution in [3.05, 3.63) is 24.4 Å². The predicted octanol–water partition coefficient (Wildman–Crippen LogP) is 3.58. The standard InChI is InChI=1S/C11H19N/c1-9(2)8-11(5)6-7-12-10(3)4/h6-7,9H,5,8H2,1-4H3/b7-6-. The summed E-state index contributed by atoms with van der Waals surface area (Å²) in [6.45, 7) is 12.3. The Bertz CT molecular complexity index is 193. The van der Waals surface area contributed by atoms with Crippen molar-refractivity contribution in [3.63, 3.8) is 0 Å². The molecule has 0 N–H and O–H groups in total. The van der Waals surface area contributed by atoms with Crippen molar-refractivity contribution in [1.82, 2.24) is 0 Å². The molecule has 0 spiro atoms. The first-order valence-corrected chi connectivity index (χ1v) is 4.37. The summed E-state index contributed by atoms with van der Waals surface area (Å²) < 4.78 is 0. The van der Waals surface area contributed by atoms with E-state index in [2.05, 4.69) is 25.4 Å². The minimum Gasteiger partial charge on any atom is -0.266 e. The van der Waals surface area contributed by atoms with Crippen molar-refractivity contribution in [2.75, 3.05) is 0 Å².